The van der Waals surface area contributed by atoms with Crippen molar-refractivity contribution in [2.75, 3.05) is 5.32 Å². The highest BCUT2D eigenvalue weighted by Crippen LogP contribution is 2.13. The van der Waals surface area contributed by atoms with Crippen molar-refractivity contribution in [1.82, 2.24) is 0 Å². The number of anilines is 1. The van der Waals surface area contributed by atoms with E-state index in [0.717, 1.165) is 11.3 Å². The van der Waals surface area contributed by atoms with E-state index in [0.29, 0.717) is 0 Å². The van der Waals surface area contributed by atoms with Crippen molar-refractivity contribution >= 4 is 5.69 Å². The van der Waals surface area contributed by atoms with Gasteiger partial charge in [0, 0.05) is 5.69 Å². The van der Waals surface area contributed by atoms with Gasteiger partial charge in [-0.1, -0.05) is 30.4 Å². The zero-order valence-electron chi connectivity index (χ0n) is 8.70. The van der Waals surface area contributed by atoms with E-state index < -0.39 is 6.10 Å². The second kappa shape index (κ2) is 4.82. The van der Waals surface area contributed by atoms with Gasteiger partial charge in [0.2, 0.25) is 0 Å². The van der Waals surface area contributed by atoms with Crippen LogP contribution in [0.5, 0.6) is 0 Å². The highest BCUT2D eigenvalue weighted by atomic mass is 16.3. The lowest BCUT2D eigenvalue weighted by molar-refractivity contribution is 0.183. The third kappa shape index (κ3) is 2.89. The minimum Gasteiger partial charge on any atom is -0.391 e. The molecule has 2 nitrogen and oxygen atoms in total. The fourth-order valence-electron chi connectivity index (χ4n) is 1.37. The second-order valence-corrected chi connectivity index (χ2v) is 3.57. The summed E-state index contributed by atoms with van der Waals surface area (Å²) in [6.07, 6.45) is -0.437. The van der Waals surface area contributed by atoms with Crippen LogP contribution in [0.15, 0.2) is 42.5 Å². The molecule has 0 saturated heterocycles. The molecule has 14 heavy (non-hydrogen) atoms. The van der Waals surface area contributed by atoms with Crippen LogP contribution in [0.3, 0.4) is 0 Å². The van der Waals surface area contributed by atoms with E-state index in [-0.39, 0.29) is 6.04 Å². The van der Waals surface area contributed by atoms with Crippen molar-refractivity contribution in [2.24, 2.45) is 0 Å². The topological polar surface area (TPSA) is 32.3 Å². The highest BCUT2D eigenvalue weighted by Gasteiger charge is 2.14. The second-order valence-electron chi connectivity index (χ2n) is 3.57. The van der Waals surface area contributed by atoms with E-state index in [2.05, 4.69) is 11.9 Å². The van der Waals surface area contributed by atoms with Crippen LogP contribution < -0.4 is 5.32 Å². The molecule has 0 amide bonds. The Morgan fingerprint density at radius 1 is 1.36 bits per heavy atom. The zero-order valence-corrected chi connectivity index (χ0v) is 8.70. The van der Waals surface area contributed by atoms with Gasteiger partial charge in [0.1, 0.15) is 0 Å². The van der Waals surface area contributed by atoms with Gasteiger partial charge in [0.15, 0.2) is 0 Å². The molecule has 1 rings (SSSR count). The van der Waals surface area contributed by atoms with Crippen molar-refractivity contribution in [1.29, 1.82) is 0 Å². The van der Waals surface area contributed by atoms with Gasteiger partial charge >= 0.3 is 0 Å². The zero-order chi connectivity index (χ0) is 10.6. The largest absolute Gasteiger partial charge is 0.391 e. The standard InChI is InChI=1S/C12H17NO/c1-9(2)12(10(3)14)13-11-7-5-4-6-8-11/h4-8,10,12-14H,1H2,2-3H3. The first-order chi connectivity index (χ1) is 6.61. The Bertz CT molecular complexity index is 292. The third-order valence-corrected chi connectivity index (χ3v) is 2.11. The molecule has 0 fully saturated rings. The van der Waals surface area contributed by atoms with Crippen molar-refractivity contribution in [3.8, 4) is 0 Å². The van der Waals surface area contributed by atoms with Crippen LogP contribution in [-0.4, -0.2) is 17.3 Å². The van der Waals surface area contributed by atoms with Crippen molar-refractivity contribution in [3.05, 3.63) is 42.5 Å². The van der Waals surface area contributed by atoms with Crippen LogP contribution in [0.1, 0.15) is 13.8 Å². The van der Waals surface area contributed by atoms with E-state index in [1.807, 2.05) is 37.3 Å². The molecule has 0 aliphatic carbocycles. The number of benzene rings is 1. The molecule has 0 aliphatic heterocycles. The van der Waals surface area contributed by atoms with E-state index in [1.54, 1.807) is 6.92 Å². The smallest absolute Gasteiger partial charge is 0.0751 e. The first-order valence-corrected chi connectivity index (χ1v) is 4.76. The van der Waals surface area contributed by atoms with Gasteiger partial charge in [-0.25, -0.2) is 0 Å². The van der Waals surface area contributed by atoms with E-state index >= 15 is 0 Å². The fraction of sp³-hybridized carbons (Fsp3) is 0.333. The van der Waals surface area contributed by atoms with Gasteiger partial charge in [0.25, 0.3) is 0 Å². The average Bonchev–Trinajstić information content (AvgIpc) is 2.15. The van der Waals surface area contributed by atoms with Gasteiger partial charge in [-0.2, -0.15) is 0 Å². The number of rotatable bonds is 4. The predicted octanol–water partition coefficient (Wildman–Crippen LogP) is 2.42. The van der Waals surface area contributed by atoms with Gasteiger partial charge < -0.3 is 10.4 Å². The number of nitrogens with one attached hydrogen (secondary N) is 1. The van der Waals surface area contributed by atoms with E-state index in [1.165, 1.54) is 0 Å². The number of hydrogen-bond acceptors (Lipinski definition) is 2. The molecule has 0 spiro atoms. The summed E-state index contributed by atoms with van der Waals surface area (Å²) in [6, 6.07) is 9.73. The van der Waals surface area contributed by atoms with Gasteiger partial charge in [-0.15, -0.1) is 0 Å². The summed E-state index contributed by atoms with van der Waals surface area (Å²) in [5.74, 6) is 0. The minimum absolute atomic E-state index is 0.0857. The molecule has 2 N–H and O–H groups in total. The van der Waals surface area contributed by atoms with Crippen molar-refractivity contribution in [2.45, 2.75) is 26.0 Å². The third-order valence-electron chi connectivity index (χ3n) is 2.11. The van der Waals surface area contributed by atoms with Crippen LogP contribution in [0.4, 0.5) is 5.69 Å². The molecule has 0 aromatic heterocycles. The lowest BCUT2D eigenvalue weighted by Crippen LogP contribution is -2.32. The molecule has 76 valence electrons. The first kappa shape index (κ1) is 10.8. The quantitative estimate of drug-likeness (QED) is 0.716. The average molecular weight is 191 g/mol. The maximum absolute atomic E-state index is 9.52. The summed E-state index contributed by atoms with van der Waals surface area (Å²) >= 11 is 0. The Hall–Kier alpha value is -1.28. The SMILES string of the molecule is C=C(C)C(Nc1ccccc1)C(C)O. The molecular formula is C12H17NO. The summed E-state index contributed by atoms with van der Waals surface area (Å²) in [4.78, 5) is 0. The van der Waals surface area contributed by atoms with Crippen LogP contribution in [0.25, 0.3) is 0 Å². The van der Waals surface area contributed by atoms with Crippen LogP contribution >= 0.6 is 0 Å². The molecule has 2 heteroatoms. The lowest BCUT2D eigenvalue weighted by atomic mass is 10.1. The summed E-state index contributed by atoms with van der Waals surface area (Å²) in [5.41, 5.74) is 1.94. The number of aliphatic hydroxyl groups is 1. The molecule has 1 aromatic carbocycles. The number of para-hydroxylation sites is 1. The van der Waals surface area contributed by atoms with Crippen molar-refractivity contribution < 1.29 is 5.11 Å². The molecule has 0 radical (unpaired) electrons. The Morgan fingerprint density at radius 3 is 2.36 bits per heavy atom. The molecule has 2 unspecified atom stereocenters. The van der Waals surface area contributed by atoms with Gasteiger partial charge in [-0.05, 0) is 26.0 Å². The van der Waals surface area contributed by atoms with Gasteiger partial charge in [-0.3, -0.25) is 0 Å². The minimum atomic E-state index is -0.437. The highest BCUT2D eigenvalue weighted by molar-refractivity contribution is 5.45. The molecule has 2 atom stereocenters. The Balaban J connectivity index is 2.70. The molecular weight excluding hydrogens is 174 g/mol. The maximum atomic E-state index is 9.52. The summed E-state index contributed by atoms with van der Waals surface area (Å²) in [5, 5.41) is 12.7. The maximum Gasteiger partial charge on any atom is 0.0751 e. The summed E-state index contributed by atoms with van der Waals surface area (Å²) in [6.45, 7) is 7.52. The number of hydrogen-bond donors (Lipinski definition) is 2. The lowest BCUT2D eigenvalue weighted by Gasteiger charge is -2.22. The van der Waals surface area contributed by atoms with E-state index in [4.69, 9.17) is 0 Å². The van der Waals surface area contributed by atoms with Crippen LogP contribution in [0.2, 0.25) is 0 Å². The normalized spacial score (nSPS) is 14.5. The Labute approximate surface area is 85.3 Å². The molecule has 1 aromatic rings. The Morgan fingerprint density at radius 2 is 1.93 bits per heavy atom. The fourth-order valence-corrected chi connectivity index (χ4v) is 1.37. The predicted molar refractivity (Wildman–Crippen MR) is 60.3 cm³/mol. The molecule has 0 aliphatic rings. The van der Waals surface area contributed by atoms with E-state index in [9.17, 15) is 5.11 Å². The molecule has 0 bridgehead atoms. The first-order valence-electron chi connectivity index (χ1n) is 4.76. The molecule has 0 saturated carbocycles. The van der Waals surface area contributed by atoms with Crippen LogP contribution in [-0.2, 0) is 0 Å². The van der Waals surface area contributed by atoms with Gasteiger partial charge in [0.05, 0.1) is 12.1 Å². The number of aliphatic hydroxyl groups excluding tert-OH is 1. The summed E-state index contributed by atoms with van der Waals surface area (Å²) in [7, 11) is 0. The Kier molecular flexibility index (Phi) is 3.72. The monoisotopic (exact) mass is 191 g/mol. The summed E-state index contributed by atoms with van der Waals surface area (Å²) < 4.78 is 0. The molecule has 0 heterocycles. The van der Waals surface area contributed by atoms with Crippen LogP contribution in [0, 0.1) is 0 Å². The van der Waals surface area contributed by atoms with Crippen molar-refractivity contribution in [3.63, 3.8) is 0 Å².